The molecule has 0 unspecified atom stereocenters. The molecule has 0 spiro atoms. The van der Waals surface area contributed by atoms with Gasteiger partial charge in [0.05, 0.1) is 7.11 Å². The van der Waals surface area contributed by atoms with Crippen molar-refractivity contribution in [1.29, 1.82) is 0 Å². The molecule has 0 saturated heterocycles. The Morgan fingerprint density at radius 2 is 1.96 bits per heavy atom. The summed E-state index contributed by atoms with van der Waals surface area (Å²) in [6.45, 7) is 1.37. The first kappa shape index (κ1) is 17.4. The maximum absolute atomic E-state index is 12.9. The summed E-state index contributed by atoms with van der Waals surface area (Å²) in [6, 6.07) is 12.1. The van der Waals surface area contributed by atoms with Crippen LogP contribution in [-0.2, 0) is 21.2 Å². The van der Waals surface area contributed by atoms with Crippen LogP contribution in [0.1, 0.15) is 30.5 Å². The van der Waals surface area contributed by atoms with Gasteiger partial charge < -0.3 is 10.1 Å². The maximum atomic E-state index is 12.9. The Kier molecular flexibility index (Phi) is 4.78. The first-order chi connectivity index (χ1) is 11.9. The molecule has 0 bridgehead atoms. The largest absolute Gasteiger partial charge is 0.495 e. The number of aryl methyl sites for hydroxylation is 1. The third kappa shape index (κ3) is 3.67. The molecular weight excluding hydrogens is 340 g/mol. The number of anilines is 1. The van der Waals surface area contributed by atoms with Gasteiger partial charge in [0.2, 0.25) is 15.9 Å². The molecular formula is C18H20N2O4S. The highest BCUT2D eigenvalue weighted by atomic mass is 32.2. The van der Waals surface area contributed by atoms with Gasteiger partial charge in [-0.3, -0.25) is 4.79 Å². The van der Waals surface area contributed by atoms with E-state index >= 15 is 0 Å². The van der Waals surface area contributed by atoms with Crippen molar-refractivity contribution in [2.45, 2.75) is 30.7 Å². The number of amides is 1. The molecule has 1 atom stereocenters. The number of benzene rings is 2. The van der Waals surface area contributed by atoms with E-state index in [1.165, 1.54) is 26.2 Å². The number of nitrogens with one attached hydrogen (secondary N) is 2. The van der Waals surface area contributed by atoms with E-state index in [4.69, 9.17) is 4.74 Å². The molecule has 0 radical (unpaired) electrons. The van der Waals surface area contributed by atoms with Crippen LogP contribution >= 0.6 is 0 Å². The number of hydrogen-bond donors (Lipinski definition) is 2. The Morgan fingerprint density at radius 3 is 2.68 bits per heavy atom. The van der Waals surface area contributed by atoms with Crippen LogP contribution in [0.4, 0.5) is 5.69 Å². The van der Waals surface area contributed by atoms with Gasteiger partial charge in [0.1, 0.15) is 10.6 Å². The molecule has 7 heteroatoms. The van der Waals surface area contributed by atoms with Crippen molar-refractivity contribution in [1.82, 2.24) is 4.72 Å². The zero-order chi connectivity index (χ0) is 18.0. The molecule has 0 aliphatic heterocycles. The number of ether oxygens (including phenoxy) is 1. The number of sulfonamides is 1. The molecule has 2 aromatic carbocycles. The molecule has 1 aliphatic rings. The predicted molar refractivity (Wildman–Crippen MR) is 95.1 cm³/mol. The number of carbonyl (C=O) groups excluding carboxylic acids is 1. The van der Waals surface area contributed by atoms with E-state index in [1.807, 2.05) is 24.3 Å². The van der Waals surface area contributed by atoms with Crippen LogP contribution in [0, 0.1) is 0 Å². The van der Waals surface area contributed by atoms with E-state index < -0.39 is 10.0 Å². The minimum Gasteiger partial charge on any atom is -0.495 e. The highest BCUT2D eigenvalue weighted by molar-refractivity contribution is 7.89. The van der Waals surface area contributed by atoms with Gasteiger partial charge in [-0.15, -0.1) is 0 Å². The van der Waals surface area contributed by atoms with E-state index in [9.17, 15) is 13.2 Å². The van der Waals surface area contributed by atoms with Gasteiger partial charge >= 0.3 is 0 Å². The zero-order valence-corrected chi connectivity index (χ0v) is 14.9. The first-order valence-corrected chi connectivity index (χ1v) is 9.45. The zero-order valence-electron chi connectivity index (χ0n) is 14.1. The lowest BCUT2D eigenvalue weighted by atomic mass is 10.1. The molecule has 6 nitrogen and oxygen atoms in total. The molecule has 25 heavy (non-hydrogen) atoms. The topological polar surface area (TPSA) is 84.5 Å². The smallest absolute Gasteiger partial charge is 0.244 e. The second-order valence-electron chi connectivity index (χ2n) is 5.96. The number of methoxy groups -OCH3 is 1. The van der Waals surface area contributed by atoms with E-state index in [-0.39, 0.29) is 22.6 Å². The van der Waals surface area contributed by atoms with Crippen molar-refractivity contribution >= 4 is 21.6 Å². The van der Waals surface area contributed by atoms with Crippen LogP contribution in [0.15, 0.2) is 47.4 Å². The highest BCUT2D eigenvalue weighted by Gasteiger charge is 2.29. The summed E-state index contributed by atoms with van der Waals surface area (Å²) in [7, 11) is -2.40. The predicted octanol–water partition coefficient (Wildman–Crippen LogP) is 2.62. The third-order valence-corrected chi connectivity index (χ3v) is 5.70. The number of hydrogen-bond acceptors (Lipinski definition) is 4. The van der Waals surface area contributed by atoms with Crippen LogP contribution in [0.3, 0.4) is 0 Å². The van der Waals surface area contributed by atoms with Crippen LogP contribution in [0.2, 0.25) is 0 Å². The van der Waals surface area contributed by atoms with Gasteiger partial charge in [-0.25, -0.2) is 13.1 Å². The van der Waals surface area contributed by atoms with Crippen molar-refractivity contribution in [3.05, 3.63) is 53.6 Å². The van der Waals surface area contributed by atoms with E-state index in [0.29, 0.717) is 12.1 Å². The van der Waals surface area contributed by atoms with Gasteiger partial charge in [0, 0.05) is 18.7 Å². The van der Waals surface area contributed by atoms with Crippen molar-refractivity contribution in [2.75, 3.05) is 12.4 Å². The van der Waals surface area contributed by atoms with Gasteiger partial charge in [-0.1, -0.05) is 24.3 Å². The summed E-state index contributed by atoms with van der Waals surface area (Å²) in [4.78, 5) is 11.2. The molecule has 132 valence electrons. The molecule has 0 aromatic heterocycles. The van der Waals surface area contributed by atoms with E-state index in [2.05, 4.69) is 10.0 Å². The Bertz CT molecular complexity index is 909. The van der Waals surface area contributed by atoms with Gasteiger partial charge in [-0.05, 0) is 42.2 Å². The summed E-state index contributed by atoms with van der Waals surface area (Å²) in [5.41, 5.74) is 2.57. The molecule has 0 heterocycles. The Balaban J connectivity index is 1.93. The van der Waals surface area contributed by atoms with Crippen LogP contribution in [0.5, 0.6) is 5.75 Å². The maximum Gasteiger partial charge on any atom is 0.244 e. The summed E-state index contributed by atoms with van der Waals surface area (Å²) in [5.74, 6) is -0.0425. The molecule has 1 aliphatic carbocycles. The summed E-state index contributed by atoms with van der Waals surface area (Å²) in [6.07, 6.45) is 1.55. The fourth-order valence-corrected chi connectivity index (χ4v) is 4.54. The van der Waals surface area contributed by atoms with Crippen LogP contribution in [0.25, 0.3) is 0 Å². The molecule has 1 amide bonds. The van der Waals surface area contributed by atoms with Crippen LogP contribution in [-0.4, -0.2) is 21.4 Å². The minimum absolute atomic E-state index is 0.00521. The lowest BCUT2D eigenvalue weighted by Gasteiger charge is -2.17. The van der Waals surface area contributed by atoms with Crippen molar-refractivity contribution in [3.8, 4) is 5.75 Å². The third-order valence-electron chi connectivity index (χ3n) is 4.20. The normalized spacial score (nSPS) is 16.3. The average Bonchev–Trinajstić information content (AvgIpc) is 2.97. The fraction of sp³-hybridized carbons (Fsp3) is 0.278. The average molecular weight is 360 g/mol. The molecule has 2 N–H and O–H groups in total. The van der Waals surface area contributed by atoms with Crippen molar-refractivity contribution in [2.24, 2.45) is 0 Å². The lowest BCUT2D eigenvalue weighted by molar-refractivity contribution is -0.114. The van der Waals surface area contributed by atoms with Crippen LogP contribution < -0.4 is 14.8 Å². The van der Waals surface area contributed by atoms with Crippen molar-refractivity contribution in [3.63, 3.8) is 0 Å². The molecule has 0 fully saturated rings. The second kappa shape index (κ2) is 6.85. The first-order valence-electron chi connectivity index (χ1n) is 7.96. The Hall–Kier alpha value is -2.38. The quantitative estimate of drug-likeness (QED) is 0.858. The lowest BCUT2D eigenvalue weighted by Crippen LogP contribution is -2.28. The monoisotopic (exact) mass is 360 g/mol. The summed E-state index contributed by atoms with van der Waals surface area (Å²) < 4.78 is 33.8. The number of rotatable bonds is 5. The minimum atomic E-state index is -3.81. The fourth-order valence-electron chi connectivity index (χ4n) is 3.10. The summed E-state index contributed by atoms with van der Waals surface area (Å²) >= 11 is 0. The number of carbonyl (C=O) groups is 1. The van der Waals surface area contributed by atoms with E-state index in [1.54, 1.807) is 6.07 Å². The number of fused-ring (bicyclic) bond motifs is 1. The van der Waals surface area contributed by atoms with Gasteiger partial charge in [0.25, 0.3) is 0 Å². The second-order valence-corrected chi connectivity index (χ2v) is 7.64. The van der Waals surface area contributed by atoms with Gasteiger partial charge in [0.15, 0.2) is 0 Å². The Morgan fingerprint density at radius 1 is 1.20 bits per heavy atom. The highest BCUT2D eigenvalue weighted by Crippen LogP contribution is 2.34. The van der Waals surface area contributed by atoms with Gasteiger partial charge in [-0.2, -0.15) is 0 Å². The Labute approximate surface area is 147 Å². The van der Waals surface area contributed by atoms with E-state index in [0.717, 1.165) is 17.5 Å². The molecule has 0 saturated carbocycles. The standard InChI is InChI=1S/C18H20N2O4S/c1-12(21)19-14-8-10-17(24-2)18(11-14)25(22,23)20-16-9-7-13-5-3-4-6-15(13)16/h3-6,8,10-11,16,20H,7,9H2,1-2H3,(H,19,21)/t16-/m1/s1. The molecule has 2 aromatic rings. The van der Waals surface area contributed by atoms with Crippen molar-refractivity contribution < 1.29 is 17.9 Å². The molecule has 3 rings (SSSR count). The SMILES string of the molecule is COc1ccc(NC(C)=O)cc1S(=O)(=O)N[C@@H]1CCc2ccccc21. The summed E-state index contributed by atoms with van der Waals surface area (Å²) in [5, 5.41) is 2.59.